The van der Waals surface area contributed by atoms with Crippen LogP contribution in [0.3, 0.4) is 0 Å². The van der Waals surface area contributed by atoms with Crippen LogP contribution in [0.5, 0.6) is 0 Å². The average molecular weight is 463 g/mol. The zero-order valence-electron chi connectivity index (χ0n) is 19.3. The molecule has 1 aromatic heterocycles. The monoisotopic (exact) mass is 462 g/mol. The molecule has 34 heavy (non-hydrogen) atoms. The van der Waals surface area contributed by atoms with Crippen LogP contribution in [-0.4, -0.2) is 58.9 Å². The number of aromatic nitrogens is 2. The van der Waals surface area contributed by atoms with Gasteiger partial charge in [-0.2, -0.15) is 10.2 Å². The molecule has 2 heterocycles. The molecule has 4 rings (SSSR count). The molecule has 1 aromatic carbocycles. The van der Waals surface area contributed by atoms with Gasteiger partial charge in [0.2, 0.25) is 11.9 Å². The van der Waals surface area contributed by atoms with Crippen molar-refractivity contribution in [3.05, 3.63) is 41.6 Å². The molecule has 178 valence electrons. The van der Waals surface area contributed by atoms with Crippen molar-refractivity contribution in [2.24, 2.45) is 11.7 Å². The SMILES string of the molecule is CN1CCC(NC(=O)c2ccc(Nc3ncc(C#N)c(N[C@@H]4CCC[C@@H]4C(N)=O)n3)cc2)CC1. The standard InChI is InChI=1S/C24H30N8O2/c1-32-11-9-18(10-12-32)28-23(34)15-5-7-17(8-6-15)29-24-27-14-16(13-25)22(31-24)30-20-4-2-3-19(20)21(26)33/h5-8,14,18-20H,2-4,9-12H2,1H3,(H2,26,33)(H,28,34)(H2,27,29,30,31)/t19-,20+/m0/s1. The number of likely N-dealkylation sites (tertiary alicyclic amines) is 1. The lowest BCUT2D eigenvalue weighted by atomic mass is 10.0. The summed E-state index contributed by atoms with van der Waals surface area (Å²) in [6.45, 7) is 1.97. The molecule has 0 bridgehead atoms. The number of carbonyl (C=O) groups excluding carboxylic acids is 2. The molecule has 0 unspecified atom stereocenters. The van der Waals surface area contributed by atoms with Crippen LogP contribution >= 0.6 is 0 Å². The Morgan fingerprint density at radius 2 is 1.88 bits per heavy atom. The first-order valence-corrected chi connectivity index (χ1v) is 11.6. The third-order valence-corrected chi connectivity index (χ3v) is 6.57. The Balaban J connectivity index is 1.40. The van der Waals surface area contributed by atoms with Gasteiger partial charge in [-0.3, -0.25) is 9.59 Å². The summed E-state index contributed by atoms with van der Waals surface area (Å²) in [5.74, 6) is -0.0410. The highest BCUT2D eigenvalue weighted by molar-refractivity contribution is 5.94. The highest BCUT2D eigenvalue weighted by Gasteiger charge is 2.32. The van der Waals surface area contributed by atoms with Gasteiger partial charge in [-0.1, -0.05) is 6.42 Å². The van der Waals surface area contributed by atoms with E-state index in [-0.39, 0.29) is 29.8 Å². The molecule has 2 aliphatic rings. The summed E-state index contributed by atoms with van der Waals surface area (Å²) in [4.78, 5) is 35.2. The minimum atomic E-state index is -0.346. The van der Waals surface area contributed by atoms with Crippen LogP contribution in [-0.2, 0) is 4.79 Å². The van der Waals surface area contributed by atoms with Crippen LogP contribution in [0.15, 0.2) is 30.5 Å². The fourth-order valence-electron chi connectivity index (χ4n) is 4.54. The van der Waals surface area contributed by atoms with E-state index in [1.165, 1.54) is 6.20 Å². The van der Waals surface area contributed by atoms with Gasteiger partial charge in [0.25, 0.3) is 5.91 Å². The van der Waals surface area contributed by atoms with Gasteiger partial charge in [-0.05, 0) is 70.1 Å². The summed E-state index contributed by atoms with van der Waals surface area (Å²) in [6, 6.07) is 9.22. The van der Waals surface area contributed by atoms with Crippen LogP contribution in [0.1, 0.15) is 48.0 Å². The molecule has 10 heteroatoms. The second kappa shape index (κ2) is 10.5. The molecule has 0 radical (unpaired) electrons. The molecule has 1 aliphatic heterocycles. The molecular formula is C24H30N8O2. The zero-order valence-corrected chi connectivity index (χ0v) is 19.3. The van der Waals surface area contributed by atoms with Gasteiger partial charge < -0.3 is 26.6 Å². The summed E-state index contributed by atoms with van der Waals surface area (Å²) in [7, 11) is 2.09. The number of benzene rings is 1. The van der Waals surface area contributed by atoms with E-state index in [0.717, 1.165) is 45.2 Å². The van der Waals surface area contributed by atoms with Crippen LogP contribution in [0.2, 0.25) is 0 Å². The first kappa shape index (κ1) is 23.4. The van der Waals surface area contributed by atoms with Crippen molar-refractivity contribution >= 4 is 29.3 Å². The van der Waals surface area contributed by atoms with Crippen molar-refractivity contribution in [3.63, 3.8) is 0 Å². The number of piperidine rings is 1. The predicted molar refractivity (Wildman–Crippen MR) is 128 cm³/mol. The first-order chi connectivity index (χ1) is 16.4. The van der Waals surface area contributed by atoms with Gasteiger partial charge in [0.15, 0.2) is 0 Å². The van der Waals surface area contributed by atoms with Gasteiger partial charge in [0, 0.05) is 23.3 Å². The summed E-state index contributed by atoms with van der Waals surface area (Å²) in [5, 5.41) is 18.9. The van der Waals surface area contributed by atoms with E-state index in [9.17, 15) is 14.9 Å². The lowest BCUT2D eigenvalue weighted by Gasteiger charge is -2.29. The van der Waals surface area contributed by atoms with Crippen molar-refractivity contribution in [1.29, 1.82) is 5.26 Å². The van der Waals surface area contributed by atoms with E-state index < -0.39 is 0 Å². The Morgan fingerprint density at radius 1 is 1.15 bits per heavy atom. The number of nitrogens with two attached hydrogens (primary N) is 1. The smallest absolute Gasteiger partial charge is 0.251 e. The summed E-state index contributed by atoms with van der Waals surface area (Å²) in [5.41, 5.74) is 7.11. The van der Waals surface area contributed by atoms with E-state index in [0.29, 0.717) is 28.6 Å². The van der Waals surface area contributed by atoms with Crippen molar-refractivity contribution in [2.75, 3.05) is 30.8 Å². The molecule has 2 fully saturated rings. The topological polar surface area (TPSA) is 149 Å². The number of anilines is 3. The predicted octanol–water partition coefficient (Wildman–Crippen LogP) is 1.98. The molecule has 0 spiro atoms. The van der Waals surface area contributed by atoms with Gasteiger partial charge in [-0.15, -0.1) is 0 Å². The highest BCUT2D eigenvalue weighted by Crippen LogP contribution is 2.29. The van der Waals surface area contributed by atoms with E-state index in [2.05, 4.69) is 43.9 Å². The Morgan fingerprint density at radius 3 is 2.56 bits per heavy atom. The largest absolute Gasteiger partial charge is 0.369 e. The highest BCUT2D eigenvalue weighted by atomic mass is 16.2. The fraction of sp³-hybridized carbons (Fsp3) is 0.458. The molecule has 2 aromatic rings. The van der Waals surface area contributed by atoms with E-state index in [4.69, 9.17) is 5.73 Å². The van der Waals surface area contributed by atoms with Gasteiger partial charge >= 0.3 is 0 Å². The molecule has 2 atom stereocenters. The Hall–Kier alpha value is -3.71. The first-order valence-electron chi connectivity index (χ1n) is 11.6. The number of carbonyl (C=O) groups is 2. The molecular weight excluding hydrogens is 432 g/mol. The number of nitriles is 1. The molecule has 1 aliphatic carbocycles. The summed E-state index contributed by atoms with van der Waals surface area (Å²) in [6.07, 6.45) is 5.75. The Bertz CT molecular complexity index is 1070. The summed E-state index contributed by atoms with van der Waals surface area (Å²) < 4.78 is 0. The summed E-state index contributed by atoms with van der Waals surface area (Å²) >= 11 is 0. The third-order valence-electron chi connectivity index (χ3n) is 6.57. The van der Waals surface area contributed by atoms with Crippen molar-refractivity contribution < 1.29 is 9.59 Å². The van der Waals surface area contributed by atoms with E-state index >= 15 is 0 Å². The molecule has 10 nitrogen and oxygen atoms in total. The van der Waals surface area contributed by atoms with Crippen LogP contribution in [0.25, 0.3) is 0 Å². The number of hydrogen-bond donors (Lipinski definition) is 4. The number of nitrogens with one attached hydrogen (secondary N) is 3. The minimum Gasteiger partial charge on any atom is -0.369 e. The fourth-order valence-corrected chi connectivity index (χ4v) is 4.54. The number of hydrogen-bond acceptors (Lipinski definition) is 8. The maximum Gasteiger partial charge on any atom is 0.251 e. The number of primary amides is 1. The molecule has 5 N–H and O–H groups in total. The zero-order chi connectivity index (χ0) is 24.1. The van der Waals surface area contributed by atoms with E-state index in [1.54, 1.807) is 24.3 Å². The molecule has 2 amide bonds. The van der Waals surface area contributed by atoms with Crippen LogP contribution in [0.4, 0.5) is 17.5 Å². The average Bonchev–Trinajstić information content (AvgIpc) is 3.30. The van der Waals surface area contributed by atoms with Gasteiger partial charge in [0.1, 0.15) is 17.5 Å². The van der Waals surface area contributed by atoms with Crippen molar-refractivity contribution in [3.8, 4) is 6.07 Å². The second-order valence-electron chi connectivity index (χ2n) is 9.01. The molecule has 1 saturated carbocycles. The van der Waals surface area contributed by atoms with Crippen molar-refractivity contribution in [1.82, 2.24) is 20.2 Å². The lowest BCUT2D eigenvalue weighted by Crippen LogP contribution is -2.43. The van der Waals surface area contributed by atoms with Crippen LogP contribution < -0.4 is 21.7 Å². The quantitative estimate of drug-likeness (QED) is 0.488. The Kier molecular flexibility index (Phi) is 7.23. The van der Waals surface area contributed by atoms with Gasteiger partial charge in [0.05, 0.1) is 12.1 Å². The minimum absolute atomic E-state index is 0.0808. The maximum absolute atomic E-state index is 12.6. The Labute approximate surface area is 198 Å². The van der Waals surface area contributed by atoms with Crippen LogP contribution in [0, 0.1) is 17.2 Å². The maximum atomic E-state index is 12.6. The van der Waals surface area contributed by atoms with Gasteiger partial charge in [-0.25, -0.2) is 4.98 Å². The second-order valence-corrected chi connectivity index (χ2v) is 9.01. The third kappa shape index (κ3) is 5.61. The van der Waals surface area contributed by atoms with Crippen molar-refractivity contribution in [2.45, 2.75) is 44.2 Å². The number of amides is 2. The normalized spacial score (nSPS) is 20.9. The lowest BCUT2D eigenvalue weighted by molar-refractivity contribution is -0.121. The molecule has 1 saturated heterocycles. The number of nitrogens with zero attached hydrogens (tertiary/aromatic N) is 4. The number of rotatable bonds is 7. The van der Waals surface area contributed by atoms with E-state index in [1.807, 2.05) is 0 Å².